The van der Waals surface area contributed by atoms with Crippen LogP contribution >= 0.6 is 0 Å². The summed E-state index contributed by atoms with van der Waals surface area (Å²) in [4.78, 5) is 12.2. The Bertz CT molecular complexity index is 652. The van der Waals surface area contributed by atoms with Crippen LogP contribution in [-0.2, 0) is 10.3 Å². The molecule has 2 nitrogen and oxygen atoms in total. The number of hydrogen-bond donors (Lipinski definition) is 0. The predicted octanol–water partition coefficient (Wildman–Crippen LogP) is 3.73. The van der Waals surface area contributed by atoms with Gasteiger partial charge in [0.25, 0.3) is 0 Å². The molecule has 2 atom stereocenters. The van der Waals surface area contributed by atoms with E-state index < -0.39 is 23.7 Å². The average Bonchev–Trinajstić information content (AvgIpc) is 3.25. The van der Waals surface area contributed by atoms with Crippen molar-refractivity contribution in [3.8, 4) is 0 Å². The zero-order chi connectivity index (χ0) is 15.1. The van der Waals surface area contributed by atoms with E-state index in [1.807, 2.05) is 0 Å². The van der Waals surface area contributed by atoms with E-state index in [9.17, 15) is 18.0 Å². The van der Waals surface area contributed by atoms with Gasteiger partial charge in [-0.05, 0) is 5.56 Å². The number of carbonyl (C=O) groups is 1. The molecule has 2 aromatic carbocycles. The van der Waals surface area contributed by atoms with E-state index in [2.05, 4.69) is 0 Å². The van der Waals surface area contributed by atoms with Crippen molar-refractivity contribution in [2.75, 3.05) is 0 Å². The lowest BCUT2D eigenvalue weighted by Crippen LogP contribution is -2.35. The molecule has 2 aromatic rings. The minimum absolute atomic E-state index is 0.0493. The molecule has 0 aliphatic carbocycles. The van der Waals surface area contributed by atoms with Crippen LogP contribution < -0.4 is 0 Å². The van der Waals surface area contributed by atoms with Gasteiger partial charge >= 0.3 is 6.18 Å². The molecule has 0 spiro atoms. The van der Waals surface area contributed by atoms with Gasteiger partial charge in [0.15, 0.2) is 11.9 Å². The summed E-state index contributed by atoms with van der Waals surface area (Å²) in [5.41, 5.74) is -2.36. The summed E-state index contributed by atoms with van der Waals surface area (Å²) < 4.78 is 45.2. The lowest BCUT2D eigenvalue weighted by molar-refractivity contribution is -0.187. The first-order valence-electron chi connectivity index (χ1n) is 6.36. The molecule has 1 aliphatic heterocycles. The summed E-state index contributed by atoms with van der Waals surface area (Å²) in [5.74, 6) is -0.656. The molecule has 0 aromatic heterocycles. The largest absolute Gasteiger partial charge is 0.424 e. The summed E-state index contributed by atoms with van der Waals surface area (Å²) in [6.07, 6.45) is -6.17. The highest BCUT2D eigenvalue weighted by Crippen LogP contribution is 2.57. The monoisotopic (exact) mass is 292 g/mol. The Balaban J connectivity index is 1.98. The van der Waals surface area contributed by atoms with Crippen molar-refractivity contribution < 1.29 is 22.7 Å². The van der Waals surface area contributed by atoms with Gasteiger partial charge < -0.3 is 4.74 Å². The lowest BCUT2D eigenvalue weighted by Gasteiger charge is -2.17. The van der Waals surface area contributed by atoms with E-state index >= 15 is 0 Å². The van der Waals surface area contributed by atoms with Gasteiger partial charge in [0.2, 0.25) is 5.60 Å². The first kappa shape index (κ1) is 13.8. The maximum Gasteiger partial charge on any atom is 0.424 e. The maximum absolute atomic E-state index is 13.4. The normalized spacial score (nSPS) is 24.6. The number of halogens is 3. The van der Waals surface area contributed by atoms with Crippen LogP contribution in [0.25, 0.3) is 0 Å². The molecule has 0 bridgehead atoms. The van der Waals surface area contributed by atoms with Gasteiger partial charge in [0.1, 0.15) is 0 Å². The molecular formula is C16H11F3O2. The smallest absolute Gasteiger partial charge is 0.343 e. The van der Waals surface area contributed by atoms with Crippen LogP contribution in [0.2, 0.25) is 0 Å². The molecule has 1 fully saturated rings. The zero-order valence-electron chi connectivity index (χ0n) is 10.8. The molecule has 3 rings (SSSR count). The summed E-state index contributed by atoms with van der Waals surface area (Å²) >= 11 is 0. The number of Topliss-reactive ketones (excluding diaryl/α,β-unsaturated/α-hetero) is 1. The highest BCUT2D eigenvalue weighted by Gasteiger charge is 2.76. The van der Waals surface area contributed by atoms with Gasteiger partial charge in [0, 0.05) is 5.56 Å². The second-order valence-corrected chi connectivity index (χ2v) is 4.83. The number of alkyl halides is 3. The molecule has 108 valence electrons. The van der Waals surface area contributed by atoms with Crippen molar-refractivity contribution in [2.45, 2.75) is 17.9 Å². The number of benzene rings is 2. The molecule has 0 N–H and O–H groups in total. The Labute approximate surface area is 119 Å². The van der Waals surface area contributed by atoms with Gasteiger partial charge in [-0.1, -0.05) is 60.7 Å². The summed E-state index contributed by atoms with van der Waals surface area (Å²) in [7, 11) is 0. The van der Waals surface area contributed by atoms with Crippen molar-refractivity contribution in [1.82, 2.24) is 0 Å². The van der Waals surface area contributed by atoms with Crippen LogP contribution in [0.3, 0.4) is 0 Å². The van der Waals surface area contributed by atoms with E-state index in [4.69, 9.17) is 4.74 Å². The van der Waals surface area contributed by atoms with Crippen LogP contribution in [0.1, 0.15) is 15.9 Å². The molecular weight excluding hydrogens is 281 g/mol. The molecule has 1 heterocycles. The fourth-order valence-corrected chi connectivity index (χ4v) is 2.43. The third-order valence-electron chi connectivity index (χ3n) is 3.54. The standard InChI is InChI=1S/C16H11F3O2/c17-16(18,19)15(12-9-5-2-6-10-12)14(21-15)13(20)11-7-3-1-4-8-11/h1-10,14H. The van der Waals surface area contributed by atoms with Crippen LogP contribution in [0.5, 0.6) is 0 Å². The van der Waals surface area contributed by atoms with Gasteiger partial charge in [-0.15, -0.1) is 0 Å². The highest BCUT2D eigenvalue weighted by atomic mass is 19.4. The number of ketones is 1. The molecule has 1 aliphatic rings. The van der Waals surface area contributed by atoms with Crippen LogP contribution in [-0.4, -0.2) is 18.1 Å². The van der Waals surface area contributed by atoms with Crippen molar-refractivity contribution in [3.63, 3.8) is 0 Å². The fourth-order valence-electron chi connectivity index (χ4n) is 2.43. The van der Waals surface area contributed by atoms with Crippen molar-refractivity contribution in [2.24, 2.45) is 0 Å². The first-order chi connectivity index (χ1) is 9.97. The van der Waals surface area contributed by atoms with Crippen LogP contribution in [0.4, 0.5) is 13.2 Å². The highest BCUT2D eigenvalue weighted by molar-refractivity contribution is 6.02. The second kappa shape index (κ2) is 4.70. The van der Waals surface area contributed by atoms with Gasteiger partial charge in [-0.2, -0.15) is 13.2 Å². The molecule has 2 unspecified atom stereocenters. The molecule has 5 heteroatoms. The van der Waals surface area contributed by atoms with E-state index in [-0.39, 0.29) is 11.1 Å². The molecule has 1 saturated heterocycles. The number of hydrogen-bond acceptors (Lipinski definition) is 2. The Kier molecular flexibility index (Phi) is 3.10. The molecule has 0 saturated carbocycles. The second-order valence-electron chi connectivity index (χ2n) is 4.83. The minimum Gasteiger partial charge on any atom is -0.343 e. The molecule has 0 amide bonds. The molecule has 0 radical (unpaired) electrons. The van der Waals surface area contributed by atoms with Crippen molar-refractivity contribution in [1.29, 1.82) is 0 Å². The number of ether oxygens (including phenoxy) is 1. The Morgan fingerprint density at radius 3 is 2.00 bits per heavy atom. The Hall–Kier alpha value is -2.14. The average molecular weight is 292 g/mol. The number of carbonyl (C=O) groups excluding carboxylic acids is 1. The van der Waals surface area contributed by atoms with Gasteiger partial charge in [-0.3, -0.25) is 4.79 Å². The van der Waals surface area contributed by atoms with Crippen molar-refractivity contribution >= 4 is 5.78 Å². The van der Waals surface area contributed by atoms with Crippen LogP contribution in [0.15, 0.2) is 60.7 Å². The number of epoxide rings is 1. The number of rotatable bonds is 3. The van der Waals surface area contributed by atoms with Crippen molar-refractivity contribution in [3.05, 3.63) is 71.8 Å². The summed E-state index contributed by atoms with van der Waals surface area (Å²) in [6.45, 7) is 0. The molecule has 21 heavy (non-hydrogen) atoms. The van der Waals surface area contributed by atoms with Crippen LogP contribution in [0, 0.1) is 0 Å². The summed E-state index contributed by atoms with van der Waals surface area (Å²) in [6, 6.07) is 15.1. The Morgan fingerprint density at radius 2 is 1.48 bits per heavy atom. The van der Waals surface area contributed by atoms with E-state index in [1.165, 1.54) is 36.4 Å². The SMILES string of the molecule is O=C(c1ccccc1)C1OC1(c1ccccc1)C(F)(F)F. The third-order valence-corrected chi connectivity index (χ3v) is 3.54. The van der Waals surface area contributed by atoms with E-state index in [0.29, 0.717) is 0 Å². The predicted molar refractivity (Wildman–Crippen MR) is 69.8 cm³/mol. The maximum atomic E-state index is 13.4. The quantitative estimate of drug-likeness (QED) is 0.637. The minimum atomic E-state index is -4.65. The third kappa shape index (κ3) is 2.14. The lowest BCUT2D eigenvalue weighted by atomic mass is 9.91. The van der Waals surface area contributed by atoms with Gasteiger partial charge in [0.05, 0.1) is 0 Å². The summed E-state index contributed by atoms with van der Waals surface area (Å²) in [5, 5.41) is 0. The fraction of sp³-hybridized carbons (Fsp3) is 0.188. The van der Waals surface area contributed by atoms with Gasteiger partial charge in [-0.25, -0.2) is 0 Å². The van der Waals surface area contributed by atoms with E-state index in [1.54, 1.807) is 24.3 Å². The van der Waals surface area contributed by atoms with E-state index in [0.717, 1.165) is 0 Å². The zero-order valence-corrected chi connectivity index (χ0v) is 10.8. The topological polar surface area (TPSA) is 29.6 Å². The first-order valence-corrected chi connectivity index (χ1v) is 6.36. The Morgan fingerprint density at radius 1 is 0.952 bits per heavy atom.